The molecule has 43 heavy (non-hydrogen) atoms. The van der Waals surface area contributed by atoms with Crippen molar-refractivity contribution < 1.29 is 48.0 Å². The number of rotatable bonds is 6. The van der Waals surface area contributed by atoms with E-state index < -0.39 is 76.4 Å². The molecule has 2 saturated carbocycles. The van der Waals surface area contributed by atoms with Crippen LogP contribution in [-0.4, -0.2) is 75.2 Å². The fourth-order valence-electron chi connectivity index (χ4n) is 7.68. The van der Waals surface area contributed by atoms with Crippen LogP contribution in [0.4, 0.5) is 0 Å². The summed E-state index contributed by atoms with van der Waals surface area (Å²) in [5, 5.41) is 12.3. The molecule has 2 aromatic rings. The highest BCUT2D eigenvalue weighted by Gasteiger charge is 2.85. The normalized spacial score (nSPS) is 35.7. The molecule has 8 unspecified atom stereocenters. The van der Waals surface area contributed by atoms with Crippen molar-refractivity contribution in [3.05, 3.63) is 66.0 Å². The zero-order valence-electron chi connectivity index (χ0n) is 25.1. The Bertz CT molecular complexity index is 1410. The lowest BCUT2D eigenvalue weighted by molar-refractivity contribution is -0.335. The molecule has 230 valence electrons. The summed E-state index contributed by atoms with van der Waals surface area (Å²) < 4.78 is 31.1. The van der Waals surface area contributed by atoms with E-state index >= 15 is 0 Å². The maximum absolute atomic E-state index is 13.6. The number of esters is 4. The number of hydrogen-bond acceptors (Lipinski definition) is 11. The van der Waals surface area contributed by atoms with Crippen molar-refractivity contribution in [2.24, 2.45) is 11.3 Å². The molecule has 11 nitrogen and oxygen atoms in total. The third kappa shape index (κ3) is 4.78. The molecule has 2 bridgehead atoms. The maximum Gasteiger partial charge on any atom is 0.340 e. The van der Waals surface area contributed by atoms with E-state index in [0.717, 1.165) is 0 Å². The summed E-state index contributed by atoms with van der Waals surface area (Å²) in [4.78, 5) is 56.3. The number of nitrogens with zero attached hydrogens (tertiary/aromatic N) is 1. The highest BCUT2D eigenvalue weighted by molar-refractivity contribution is 5.90. The van der Waals surface area contributed by atoms with E-state index in [1.165, 1.54) is 32.3 Å². The minimum Gasteiger partial charge on any atom is -0.462 e. The molecule has 3 fully saturated rings. The number of ether oxygens (including phenoxy) is 5. The van der Waals surface area contributed by atoms with Crippen molar-refractivity contribution in [1.82, 2.24) is 4.98 Å². The predicted octanol–water partition coefficient (Wildman–Crippen LogP) is 3.42. The minimum absolute atomic E-state index is 0.0991. The van der Waals surface area contributed by atoms with E-state index in [2.05, 4.69) is 4.98 Å². The average Bonchev–Trinajstić information content (AvgIpc) is 3.16. The van der Waals surface area contributed by atoms with E-state index in [1.54, 1.807) is 64.1 Å². The molecule has 11 heteroatoms. The number of benzene rings is 1. The van der Waals surface area contributed by atoms with E-state index in [9.17, 15) is 24.3 Å². The van der Waals surface area contributed by atoms with Crippen LogP contribution in [0.15, 0.2) is 54.9 Å². The van der Waals surface area contributed by atoms with Crippen LogP contribution in [0, 0.1) is 11.3 Å². The summed E-state index contributed by atoms with van der Waals surface area (Å²) in [6, 6.07) is 11.4. The first-order valence-corrected chi connectivity index (χ1v) is 14.3. The molecule has 2 aliphatic carbocycles. The third-order valence-corrected chi connectivity index (χ3v) is 9.34. The predicted molar refractivity (Wildman–Crippen MR) is 150 cm³/mol. The lowest BCUT2D eigenvalue weighted by Crippen LogP contribution is -2.81. The van der Waals surface area contributed by atoms with Gasteiger partial charge in [-0.2, -0.15) is 0 Å². The number of carbonyl (C=O) groups is 4. The zero-order chi connectivity index (χ0) is 31.4. The first kappa shape index (κ1) is 30.6. The van der Waals surface area contributed by atoms with Gasteiger partial charge < -0.3 is 28.8 Å². The smallest absolute Gasteiger partial charge is 0.340 e. The first-order valence-electron chi connectivity index (χ1n) is 14.3. The summed E-state index contributed by atoms with van der Waals surface area (Å²) >= 11 is 0. The van der Waals surface area contributed by atoms with Crippen LogP contribution in [-0.2, 0) is 33.3 Å². The maximum atomic E-state index is 13.6. The Labute approximate surface area is 249 Å². The van der Waals surface area contributed by atoms with Crippen LogP contribution >= 0.6 is 0 Å². The first-order chi connectivity index (χ1) is 20.2. The third-order valence-electron chi connectivity index (χ3n) is 9.34. The van der Waals surface area contributed by atoms with Crippen molar-refractivity contribution in [2.75, 3.05) is 0 Å². The number of carbonyl (C=O) groups excluding carboxylic acids is 4. The Morgan fingerprint density at radius 2 is 1.44 bits per heavy atom. The molecule has 3 aliphatic rings. The monoisotopic (exact) mass is 595 g/mol. The standard InChI is InChI=1S/C32H37NO10/c1-18(34)39-22-14-15-30(5,38)32-25(41-28(37)21-13-10-16-33-17-21)23(29(3,4)43-32)24(40-19(2)35)26(31(22,32)6)42-27(36)20-11-8-7-9-12-20/h7-13,16-17,22-26,38H,14-15H2,1-6H3. The Hall–Kier alpha value is -3.83. The van der Waals surface area contributed by atoms with Crippen LogP contribution in [0.25, 0.3) is 0 Å². The summed E-state index contributed by atoms with van der Waals surface area (Å²) in [6.07, 6.45) is -1.61. The lowest BCUT2D eigenvalue weighted by Gasteiger charge is -2.65. The van der Waals surface area contributed by atoms with Gasteiger partial charge in [0, 0.05) is 26.2 Å². The van der Waals surface area contributed by atoms with E-state index in [0.29, 0.717) is 0 Å². The number of hydrogen-bond donors (Lipinski definition) is 1. The van der Waals surface area contributed by atoms with Crippen LogP contribution in [0.2, 0.25) is 0 Å². The topological polar surface area (TPSA) is 148 Å². The van der Waals surface area contributed by atoms with Gasteiger partial charge in [-0.3, -0.25) is 14.6 Å². The molecule has 1 aromatic heterocycles. The number of pyridine rings is 1. The molecule has 0 radical (unpaired) electrons. The van der Waals surface area contributed by atoms with Gasteiger partial charge in [0.2, 0.25) is 0 Å². The van der Waals surface area contributed by atoms with E-state index in [-0.39, 0.29) is 24.0 Å². The molecule has 1 spiro atoms. The van der Waals surface area contributed by atoms with Gasteiger partial charge in [-0.25, -0.2) is 9.59 Å². The van der Waals surface area contributed by atoms with Crippen LogP contribution in [0.5, 0.6) is 0 Å². The van der Waals surface area contributed by atoms with Gasteiger partial charge in [0.05, 0.1) is 33.7 Å². The van der Waals surface area contributed by atoms with Gasteiger partial charge in [0.15, 0.2) is 6.10 Å². The second kappa shape index (κ2) is 10.7. The summed E-state index contributed by atoms with van der Waals surface area (Å²) in [5.41, 5.74) is -5.87. The van der Waals surface area contributed by atoms with Crippen LogP contribution in [0.3, 0.4) is 0 Å². The Balaban J connectivity index is 1.75. The van der Waals surface area contributed by atoms with Gasteiger partial charge in [0.25, 0.3) is 0 Å². The van der Waals surface area contributed by atoms with Crippen LogP contribution < -0.4 is 0 Å². The number of fused-ring (bicyclic) bond motifs is 1. The molecule has 1 aliphatic heterocycles. The number of aromatic nitrogens is 1. The Morgan fingerprint density at radius 3 is 2.05 bits per heavy atom. The average molecular weight is 596 g/mol. The van der Waals surface area contributed by atoms with Crippen molar-refractivity contribution in [3.63, 3.8) is 0 Å². The summed E-state index contributed by atoms with van der Waals surface area (Å²) in [6.45, 7) is 9.18. The molecule has 5 rings (SSSR count). The highest BCUT2D eigenvalue weighted by atomic mass is 16.6. The van der Waals surface area contributed by atoms with Gasteiger partial charge >= 0.3 is 23.9 Å². The van der Waals surface area contributed by atoms with Gasteiger partial charge in [-0.1, -0.05) is 18.2 Å². The lowest BCUT2D eigenvalue weighted by atomic mass is 9.47. The molecule has 8 atom stereocenters. The quantitative estimate of drug-likeness (QED) is 0.387. The fourth-order valence-corrected chi connectivity index (χ4v) is 7.68. The molecule has 0 amide bonds. The second-order valence-corrected chi connectivity index (χ2v) is 12.5. The molecule has 1 N–H and O–H groups in total. The Kier molecular flexibility index (Phi) is 7.63. The number of aliphatic hydroxyl groups is 1. The summed E-state index contributed by atoms with van der Waals surface area (Å²) in [7, 11) is 0. The summed E-state index contributed by atoms with van der Waals surface area (Å²) in [5.74, 6) is -3.65. The molecular weight excluding hydrogens is 558 g/mol. The second-order valence-electron chi connectivity index (χ2n) is 12.5. The molecular formula is C32H37NO10. The highest BCUT2D eigenvalue weighted by Crippen LogP contribution is 2.69. The fraction of sp³-hybridized carbons (Fsp3) is 0.531. The molecule has 1 aromatic carbocycles. The van der Waals surface area contributed by atoms with Gasteiger partial charge in [-0.05, 0) is 64.8 Å². The van der Waals surface area contributed by atoms with Crippen molar-refractivity contribution in [2.45, 2.75) is 95.6 Å². The SMILES string of the molecule is CC(=O)OC1C2C(OC(=O)c3cccnc3)C3(OC2(C)C)C(C)(O)CCC(OC(C)=O)C3(C)C1OC(=O)c1ccccc1. The van der Waals surface area contributed by atoms with Gasteiger partial charge in [0.1, 0.15) is 23.9 Å². The minimum atomic E-state index is -1.79. The van der Waals surface area contributed by atoms with Crippen molar-refractivity contribution in [1.29, 1.82) is 0 Å². The Morgan fingerprint density at radius 1 is 0.837 bits per heavy atom. The molecule has 2 heterocycles. The zero-order valence-corrected chi connectivity index (χ0v) is 25.1. The van der Waals surface area contributed by atoms with E-state index in [4.69, 9.17) is 23.7 Å². The van der Waals surface area contributed by atoms with Crippen LogP contribution in [0.1, 0.15) is 75.1 Å². The van der Waals surface area contributed by atoms with E-state index in [1.807, 2.05) is 0 Å². The molecule has 1 saturated heterocycles. The van der Waals surface area contributed by atoms with Crippen molar-refractivity contribution >= 4 is 23.9 Å². The van der Waals surface area contributed by atoms with Gasteiger partial charge in [-0.15, -0.1) is 0 Å². The van der Waals surface area contributed by atoms with Crippen molar-refractivity contribution in [3.8, 4) is 0 Å². The largest absolute Gasteiger partial charge is 0.462 e.